The number of hydrogen-bond acceptors (Lipinski definition) is 4. The minimum Gasteiger partial charge on any atom is -0.396 e. The summed E-state index contributed by atoms with van der Waals surface area (Å²) in [5.74, 6) is 1.02. The topological polar surface area (TPSA) is 89.0 Å². The average Bonchev–Trinajstić information content (AvgIpc) is 2.69. The number of hydrogen-bond donors (Lipinski definition) is 4. The fourth-order valence-corrected chi connectivity index (χ4v) is 3.32. The Morgan fingerprint density at radius 2 is 1.80 bits per heavy atom. The highest BCUT2D eigenvalue weighted by molar-refractivity contribution is 14.0. The van der Waals surface area contributed by atoms with Crippen LogP contribution in [0.5, 0.6) is 0 Å². The summed E-state index contributed by atoms with van der Waals surface area (Å²) in [4.78, 5) is 19.0. The first-order chi connectivity index (χ1) is 13.8. The van der Waals surface area contributed by atoms with E-state index in [2.05, 4.69) is 50.1 Å². The molecule has 8 heteroatoms. The molecule has 0 unspecified atom stereocenters. The van der Waals surface area contributed by atoms with Gasteiger partial charge >= 0.3 is 0 Å². The number of aliphatic imine (C=N–C) groups is 1. The zero-order valence-corrected chi connectivity index (χ0v) is 21.0. The normalized spacial score (nSPS) is 15.4. The van der Waals surface area contributed by atoms with Gasteiger partial charge in [0, 0.05) is 37.5 Å². The van der Waals surface area contributed by atoms with Crippen molar-refractivity contribution in [1.29, 1.82) is 0 Å². The Balaban J connectivity index is 0.00000450. The summed E-state index contributed by atoms with van der Waals surface area (Å²) in [5, 5.41) is 18.5. The number of carbonyl (C=O) groups is 1. The van der Waals surface area contributed by atoms with E-state index in [0.717, 1.165) is 38.0 Å². The summed E-state index contributed by atoms with van der Waals surface area (Å²) >= 11 is 0. The monoisotopic (exact) mass is 531 g/mol. The number of benzene rings is 1. The predicted molar refractivity (Wildman–Crippen MR) is 135 cm³/mol. The van der Waals surface area contributed by atoms with Crippen molar-refractivity contribution in [1.82, 2.24) is 16.0 Å². The molecule has 1 saturated heterocycles. The number of aliphatic hydroxyl groups excluding tert-OH is 1. The highest BCUT2D eigenvalue weighted by Crippen LogP contribution is 2.23. The molecule has 1 amide bonds. The molecular formula is C22H38IN5O2. The Bertz CT molecular complexity index is 665. The zero-order chi connectivity index (χ0) is 21.3. The molecular weight excluding hydrogens is 493 g/mol. The number of halogens is 1. The van der Waals surface area contributed by atoms with Gasteiger partial charge in [-0.15, -0.1) is 24.0 Å². The Hall–Kier alpha value is -1.55. The quantitative estimate of drug-likeness (QED) is 0.247. The van der Waals surface area contributed by atoms with E-state index >= 15 is 0 Å². The summed E-state index contributed by atoms with van der Waals surface area (Å²) in [6.07, 6.45) is 2.09. The van der Waals surface area contributed by atoms with Crippen molar-refractivity contribution in [2.45, 2.75) is 52.6 Å². The van der Waals surface area contributed by atoms with Crippen molar-refractivity contribution < 1.29 is 9.90 Å². The van der Waals surface area contributed by atoms with Gasteiger partial charge in [0.05, 0.1) is 13.1 Å². The van der Waals surface area contributed by atoms with Crippen LogP contribution in [0.4, 0.5) is 5.69 Å². The maximum absolute atomic E-state index is 12.0. The van der Waals surface area contributed by atoms with E-state index in [1.165, 1.54) is 5.69 Å². The van der Waals surface area contributed by atoms with Gasteiger partial charge in [-0.1, -0.05) is 12.1 Å². The summed E-state index contributed by atoms with van der Waals surface area (Å²) < 4.78 is 0. The van der Waals surface area contributed by atoms with Crippen LogP contribution in [-0.2, 0) is 11.3 Å². The highest BCUT2D eigenvalue weighted by Gasteiger charge is 2.18. The molecule has 0 radical (unpaired) electrons. The number of anilines is 1. The molecule has 0 spiro atoms. The number of nitrogens with one attached hydrogen (secondary N) is 3. The van der Waals surface area contributed by atoms with Crippen molar-refractivity contribution in [2.75, 3.05) is 37.7 Å². The lowest BCUT2D eigenvalue weighted by Crippen LogP contribution is -2.48. The SMILES string of the molecule is CCNC(=NCc1ccc(N2CCC(CO)CC2)cc1)NCC(=O)NC(C)(C)C.I. The minimum absolute atomic E-state index is 0. The molecule has 1 aliphatic heterocycles. The number of rotatable bonds is 7. The molecule has 0 atom stereocenters. The third-order valence-corrected chi connectivity index (χ3v) is 4.87. The molecule has 170 valence electrons. The first-order valence-electron chi connectivity index (χ1n) is 10.6. The summed E-state index contributed by atoms with van der Waals surface area (Å²) in [6.45, 7) is 11.6. The lowest BCUT2D eigenvalue weighted by atomic mass is 9.97. The van der Waals surface area contributed by atoms with Gasteiger partial charge in [0.25, 0.3) is 0 Å². The number of piperidine rings is 1. The van der Waals surface area contributed by atoms with Crippen LogP contribution in [-0.4, -0.2) is 55.3 Å². The van der Waals surface area contributed by atoms with E-state index < -0.39 is 0 Å². The van der Waals surface area contributed by atoms with Gasteiger partial charge in [-0.05, 0) is 64.2 Å². The van der Waals surface area contributed by atoms with Crippen LogP contribution in [0.3, 0.4) is 0 Å². The number of aliphatic hydroxyl groups is 1. The summed E-state index contributed by atoms with van der Waals surface area (Å²) in [6, 6.07) is 8.49. The molecule has 2 rings (SSSR count). The van der Waals surface area contributed by atoms with Crippen LogP contribution in [0.2, 0.25) is 0 Å². The molecule has 0 saturated carbocycles. The molecule has 0 bridgehead atoms. The van der Waals surface area contributed by atoms with Crippen molar-refractivity contribution >= 4 is 41.5 Å². The third kappa shape index (κ3) is 9.51. The van der Waals surface area contributed by atoms with E-state index in [1.54, 1.807) is 0 Å². The average molecular weight is 531 g/mol. The molecule has 1 aromatic carbocycles. The summed E-state index contributed by atoms with van der Waals surface area (Å²) in [7, 11) is 0. The Morgan fingerprint density at radius 1 is 1.17 bits per heavy atom. The van der Waals surface area contributed by atoms with E-state index in [-0.39, 0.29) is 42.0 Å². The predicted octanol–water partition coefficient (Wildman–Crippen LogP) is 2.48. The molecule has 1 aromatic rings. The van der Waals surface area contributed by atoms with Gasteiger partial charge in [0.2, 0.25) is 5.91 Å². The minimum atomic E-state index is -0.247. The second-order valence-corrected chi connectivity index (χ2v) is 8.63. The van der Waals surface area contributed by atoms with Crippen molar-refractivity contribution in [3.63, 3.8) is 0 Å². The lowest BCUT2D eigenvalue weighted by molar-refractivity contribution is -0.121. The number of guanidine groups is 1. The van der Waals surface area contributed by atoms with Crippen LogP contribution in [0.1, 0.15) is 46.1 Å². The van der Waals surface area contributed by atoms with Gasteiger partial charge in [-0.25, -0.2) is 4.99 Å². The fourth-order valence-electron chi connectivity index (χ4n) is 3.32. The molecule has 30 heavy (non-hydrogen) atoms. The molecule has 1 heterocycles. The lowest BCUT2D eigenvalue weighted by Gasteiger charge is -2.32. The maximum Gasteiger partial charge on any atom is 0.239 e. The smallest absolute Gasteiger partial charge is 0.239 e. The second kappa shape index (κ2) is 13.0. The molecule has 0 aromatic heterocycles. The van der Waals surface area contributed by atoms with Gasteiger partial charge in [0.15, 0.2) is 5.96 Å². The van der Waals surface area contributed by atoms with Crippen molar-refractivity contribution in [2.24, 2.45) is 10.9 Å². The van der Waals surface area contributed by atoms with Crippen molar-refractivity contribution in [3.05, 3.63) is 29.8 Å². The number of carbonyl (C=O) groups excluding carboxylic acids is 1. The van der Waals surface area contributed by atoms with Crippen LogP contribution in [0, 0.1) is 5.92 Å². The van der Waals surface area contributed by atoms with Gasteiger partial charge in [0.1, 0.15) is 0 Å². The third-order valence-electron chi connectivity index (χ3n) is 4.87. The van der Waals surface area contributed by atoms with Gasteiger partial charge < -0.3 is 26.0 Å². The van der Waals surface area contributed by atoms with E-state index in [0.29, 0.717) is 25.0 Å². The van der Waals surface area contributed by atoms with Crippen LogP contribution in [0.15, 0.2) is 29.3 Å². The first kappa shape index (κ1) is 26.5. The Kier molecular flexibility index (Phi) is 11.5. The molecule has 4 N–H and O–H groups in total. The van der Waals surface area contributed by atoms with Crippen molar-refractivity contribution in [3.8, 4) is 0 Å². The van der Waals surface area contributed by atoms with Crippen LogP contribution in [0.25, 0.3) is 0 Å². The Labute approximate surface area is 198 Å². The maximum atomic E-state index is 12.0. The standard InChI is InChI=1S/C22H37N5O2.HI/c1-5-23-21(25-15-20(29)26-22(2,3)4)24-14-17-6-8-19(9-7-17)27-12-10-18(16-28)11-13-27;/h6-9,18,28H,5,10-16H2,1-4H3,(H,26,29)(H2,23,24,25);1H. The largest absolute Gasteiger partial charge is 0.396 e. The zero-order valence-electron chi connectivity index (χ0n) is 18.7. The molecule has 1 fully saturated rings. The van der Waals surface area contributed by atoms with Gasteiger partial charge in [-0.3, -0.25) is 4.79 Å². The molecule has 7 nitrogen and oxygen atoms in total. The second-order valence-electron chi connectivity index (χ2n) is 8.63. The van der Waals surface area contributed by atoms with Crippen LogP contribution < -0.4 is 20.9 Å². The van der Waals surface area contributed by atoms with E-state index in [9.17, 15) is 9.90 Å². The van der Waals surface area contributed by atoms with Gasteiger partial charge in [-0.2, -0.15) is 0 Å². The highest BCUT2D eigenvalue weighted by atomic mass is 127. The number of amides is 1. The molecule has 1 aliphatic rings. The van der Waals surface area contributed by atoms with E-state index in [1.807, 2.05) is 27.7 Å². The van der Waals surface area contributed by atoms with Crippen LogP contribution >= 0.6 is 24.0 Å². The summed E-state index contributed by atoms with van der Waals surface area (Å²) in [5.41, 5.74) is 2.09. The molecule has 0 aliphatic carbocycles. The van der Waals surface area contributed by atoms with E-state index in [4.69, 9.17) is 0 Å². The Morgan fingerprint density at radius 3 is 2.33 bits per heavy atom. The fraction of sp³-hybridized carbons (Fsp3) is 0.636. The first-order valence-corrected chi connectivity index (χ1v) is 10.6. The number of nitrogens with zero attached hydrogens (tertiary/aromatic N) is 2.